The quantitative estimate of drug-likeness (QED) is 0.831. The van der Waals surface area contributed by atoms with Crippen LogP contribution in [0.1, 0.15) is 30.4 Å². The van der Waals surface area contributed by atoms with E-state index in [1.165, 1.54) is 6.42 Å². The lowest BCUT2D eigenvalue weighted by Gasteiger charge is -2.42. The normalized spacial score (nSPS) is 29.2. The Morgan fingerprint density at radius 3 is 2.78 bits per heavy atom. The van der Waals surface area contributed by atoms with Crippen molar-refractivity contribution >= 4 is 10.0 Å². The Balaban J connectivity index is 1.78. The maximum Gasteiger partial charge on any atom is 0.244 e. The SMILES string of the molecule is Cc1cccc(S(=O)(=O)N2CC3(CCC3)[C@H]3COC[C@H]32)c1C#N. The van der Waals surface area contributed by atoms with E-state index in [2.05, 4.69) is 6.07 Å². The van der Waals surface area contributed by atoms with Crippen LogP contribution in [0.5, 0.6) is 0 Å². The molecular formula is C17H20N2O3S. The molecule has 0 bridgehead atoms. The number of aryl methyl sites for hydroxylation is 1. The number of ether oxygens (including phenoxy) is 1. The fourth-order valence-electron chi connectivity index (χ4n) is 4.51. The van der Waals surface area contributed by atoms with Crippen molar-refractivity contribution in [3.63, 3.8) is 0 Å². The minimum atomic E-state index is -3.67. The first-order valence-electron chi connectivity index (χ1n) is 8.09. The number of nitriles is 1. The highest BCUT2D eigenvalue weighted by Gasteiger charge is 2.60. The number of nitrogens with zero attached hydrogens (tertiary/aromatic N) is 2. The Kier molecular flexibility index (Phi) is 3.31. The van der Waals surface area contributed by atoms with Gasteiger partial charge < -0.3 is 4.74 Å². The van der Waals surface area contributed by atoms with Gasteiger partial charge in [0.1, 0.15) is 11.0 Å². The van der Waals surface area contributed by atoms with E-state index < -0.39 is 10.0 Å². The van der Waals surface area contributed by atoms with Gasteiger partial charge in [-0.3, -0.25) is 0 Å². The third-order valence-corrected chi connectivity index (χ3v) is 7.87. The van der Waals surface area contributed by atoms with E-state index in [1.54, 1.807) is 29.4 Å². The highest BCUT2D eigenvalue weighted by molar-refractivity contribution is 7.89. The molecule has 122 valence electrons. The molecule has 1 aromatic carbocycles. The van der Waals surface area contributed by atoms with Crippen LogP contribution >= 0.6 is 0 Å². The lowest BCUT2D eigenvalue weighted by molar-refractivity contribution is 0.0601. The first-order chi connectivity index (χ1) is 11.0. The van der Waals surface area contributed by atoms with Gasteiger partial charge in [-0.15, -0.1) is 0 Å². The van der Waals surface area contributed by atoms with E-state index in [4.69, 9.17) is 4.74 Å². The zero-order chi connectivity index (χ0) is 16.2. The third kappa shape index (κ3) is 2.00. The second kappa shape index (κ2) is 5.04. The summed E-state index contributed by atoms with van der Waals surface area (Å²) in [5, 5.41) is 9.40. The van der Waals surface area contributed by atoms with Gasteiger partial charge in [-0.05, 0) is 36.8 Å². The standard InChI is InChI=1S/C17H20N2O3S/c1-12-4-2-5-16(13(12)8-18)23(20,21)19-11-17(6-3-7-17)14-9-22-10-15(14)19/h2,4-5,14-15H,3,6-7,9-11H2,1H3/t14-,15+/m0/s1. The molecule has 1 aliphatic carbocycles. The number of hydrogen-bond donors (Lipinski definition) is 0. The summed E-state index contributed by atoms with van der Waals surface area (Å²) < 4.78 is 33.7. The molecule has 4 rings (SSSR count). The van der Waals surface area contributed by atoms with E-state index in [0.717, 1.165) is 12.8 Å². The molecule has 0 unspecified atom stereocenters. The lowest BCUT2D eigenvalue weighted by Crippen LogP contribution is -2.40. The van der Waals surface area contributed by atoms with Gasteiger partial charge >= 0.3 is 0 Å². The second-order valence-electron chi connectivity index (χ2n) is 7.04. The highest BCUT2D eigenvalue weighted by atomic mass is 32.2. The zero-order valence-corrected chi connectivity index (χ0v) is 14.0. The first-order valence-corrected chi connectivity index (χ1v) is 9.53. The molecule has 0 N–H and O–H groups in total. The molecular weight excluding hydrogens is 312 g/mol. The number of benzene rings is 1. The van der Waals surface area contributed by atoms with Crippen molar-refractivity contribution in [2.75, 3.05) is 19.8 Å². The van der Waals surface area contributed by atoms with Gasteiger partial charge in [-0.2, -0.15) is 9.57 Å². The van der Waals surface area contributed by atoms with Crippen LogP contribution < -0.4 is 0 Å². The van der Waals surface area contributed by atoms with Gasteiger partial charge in [-0.25, -0.2) is 8.42 Å². The number of hydrogen-bond acceptors (Lipinski definition) is 4. The summed E-state index contributed by atoms with van der Waals surface area (Å²) in [6.45, 7) is 3.48. The molecule has 6 heteroatoms. The zero-order valence-electron chi connectivity index (χ0n) is 13.2. The second-order valence-corrected chi connectivity index (χ2v) is 8.90. The van der Waals surface area contributed by atoms with E-state index in [9.17, 15) is 13.7 Å². The van der Waals surface area contributed by atoms with Gasteiger partial charge in [0.15, 0.2) is 0 Å². The summed E-state index contributed by atoms with van der Waals surface area (Å²) in [6, 6.07) is 7.02. The fourth-order valence-corrected chi connectivity index (χ4v) is 6.46. The highest BCUT2D eigenvalue weighted by Crippen LogP contribution is 2.56. The Morgan fingerprint density at radius 1 is 1.35 bits per heavy atom. The molecule has 0 radical (unpaired) electrons. The van der Waals surface area contributed by atoms with Crippen molar-refractivity contribution in [1.82, 2.24) is 4.31 Å². The van der Waals surface area contributed by atoms with Crippen LogP contribution in [0.25, 0.3) is 0 Å². The molecule has 0 aromatic heterocycles. The van der Waals surface area contributed by atoms with Crippen LogP contribution in [0.2, 0.25) is 0 Å². The molecule has 2 aliphatic heterocycles. The molecule has 3 aliphatic rings. The van der Waals surface area contributed by atoms with Crippen molar-refractivity contribution in [2.45, 2.75) is 37.1 Å². The summed E-state index contributed by atoms with van der Waals surface area (Å²) in [7, 11) is -3.67. The topological polar surface area (TPSA) is 70.4 Å². The van der Waals surface area contributed by atoms with Crippen LogP contribution in [0.4, 0.5) is 0 Å². The largest absolute Gasteiger partial charge is 0.379 e. The van der Waals surface area contributed by atoms with Gasteiger partial charge in [0.05, 0.1) is 24.8 Å². The van der Waals surface area contributed by atoms with Crippen molar-refractivity contribution < 1.29 is 13.2 Å². The molecule has 23 heavy (non-hydrogen) atoms. The van der Waals surface area contributed by atoms with E-state index in [1.807, 2.05) is 0 Å². The molecule has 2 atom stereocenters. The van der Waals surface area contributed by atoms with Crippen molar-refractivity contribution in [3.8, 4) is 6.07 Å². The number of sulfonamides is 1. The van der Waals surface area contributed by atoms with Gasteiger partial charge in [0.2, 0.25) is 10.0 Å². The molecule has 3 fully saturated rings. The molecule has 0 amide bonds. The average Bonchev–Trinajstić information content (AvgIpc) is 3.06. The number of fused-ring (bicyclic) bond motifs is 2. The van der Waals surface area contributed by atoms with E-state index in [-0.39, 0.29) is 21.9 Å². The molecule has 1 aromatic rings. The van der Waals surface area contributed by atoms with Crippen LogP contribution in [-0.2, 0) is 14.8 Å². The van der Waals surface area contributed by atoms with Gasteiger partial charge in [0, 0.05) is 12.5 Å². The maximum atomic E-state index is 13.3. The van der Waals surface area contributed by atoms with Crippen LogP contribution in [0.15, 0.2) is 23.1 Å². The summed E-state index contributed by atoms with van der Waals surface area (Å²) >= 11 is 0. The summed E-state index contributed by atoms with van der Waals surface area (Å²) in [5.41, 5.74) is 1.06. The predicted octanol–water partition coefficient (Wildman–Crippen LogP) is 2.06. The van der Waals surface area contributed by atoms with Crippen LogP contribution in [-0.4, -0.2) is 38.5 Å². The Labute approximate surface area is 136 Å². The summed E-state index contributed by atoms with van der Waals surface area (Å²) in [4.78, 5) is 0.141. The van der Waals surface area contributed by atoms with Gasteiger partial charge in [0.25, 0.3) is 0 Å². The number of rotatable bonds is 2. The van der Waals surface area contributed by atoms with Crippen molar-refractivity contribution in [1.29, 1.82) is 5.26 Å². The minimum absolute atomic E-state index is 0.0765. The molecule has 1 saturated carbocycles. The fraction of sp³-hybridized carbons (Fsp3) is 0.588. The maximum absolute atomic E-state index is 13.3. The molecule has 2 heterocycles. The smallest absolute Gasteiger partial charge is 0.244 e. The van der Waals surface area contributed by atoms with Gasteiger partial charge in [-0.1, -0.05) is 18.6 Å². The monoisotopic (exact) mass is 332 g/mol. The predicted molar refractivity (Wildman–Crippen MR) is 84.2 cm³/mol. The Bertz CT molecular complexity index is 793. The van der Waals surface area contributed by atoms with Crippen molar-refractivity contribution in [3.05, 3.63) is 29.3 Å². The third-order valence-electron chi connectivity index (χ3n) is 5.96. The molecule has 5 nitrogen and oxygen atoms in total. The Hall–Kier alpha value is -1.42. The molecule has 2 saturated heterocycles. The average molecular weight is 332 g/mol. The van der Waals surface area contributed by atoms with Crippen LogP contribution in [0.3, 0.4) is 0 Å². The lowest BCUT2D eigenvalue weighted by atomic mass is 9.62. The van der Waals surface area contributed by atoms with E-state index in [0.29, 0.717) is 31.2 Å². The van der Waals surface area contributed by atoms with E-state index >= 15 is 0 Å². The van der Waals surface area contributed by atoms with Crippen molar-refractivity contribution in [2.24, 2.45) is 11.3 Å². The first kappa shape index (κ1) is 15.1. The van der Waals surface area contributed by atoms with Crippen LogP contribution in [0, 0.1) is 29.6 Å². The minimum Gasteiger partial charge on any atom is -0.379 e. The summed E-state index contributed by atoms with van der Waals surface area (Å²) in [5.74, 6) is 0.307. The molecule has 1 spiro atoms. The Morgan fingerprint density at radius 2 is 2.13 bits per heavy atom. The summed E-state index contributed by atoms with van der Waals surface area (Å²) in [6.07, 6.45) is 3.34.